The van der Waals surface area contributed by atoms with Crippen LogP contribution in [0.5, 0.6) is 0 Å². The third-order valence-electron chi connectivity index (χ3n) is 3.66. The molecular formula is C15H24N2. The van der Waals surface area contributed by atoms with E-state index in [1.165, 1.54) is 49.9 Å². The molecule has 0 radical (unpaired) electrons. The van der Waals surface area contributed by atoms with E-state index in [1.807, 2.05) is 0 Å². The van der Waals surface area contributed by atoms with Gasteiger partial charge in [0.1, 0.15) is 0 Å². The molecule has 2 N–H and O–H groups in total. The van der Waals surface area contributed by atoms with Crippen molar-refractivity contribution in [1.82, 2.24) is 4.90 Å². The maximum Gasteiger partial charge on any atom is 0.0424 e. The molecule has 2 heteroatoms. The van der Waals surface area contributed by atoms with Gasteiger partial charge in [0.2, 0.25) is 0 Å². The molecule has 2 nitrogen and oxygen atoms in total. The number of aryl methyl sites for hydroxylation is 1. The molecule has 1 aromatic carbocycles. The molecule has 0 saturated carbocycles. The molecule has 17 heavy (non-hydrogen) atoms. The average Bonchev–Trinajstić information content (AvgIpc) is 2.58. The van der Waals surface area contributed by atoms with Gasteiger partial charge in [-0.2, -0.15) is 0 Å². The van der Waals surface area contributed by atoms with E-state index in [0.29, 0.717) is 0 Å². The van der Waals surface area contributed by atoms with Crippen molar-refractivity contribution in [3.8, 4) is 0 Å². The van der Waals surface area contributed by atoms with Crippen LogP contribution >= 0.6 is 0 Å². The molecular weight excluding hydrogens is 208 g/mol. The van der Waals surface area contributed by atoms with Crippen LogP contribution in [0.15, 0.2) is 24.3 Å². The minimum absolute atomic E-state index is 0.161. The second kappa shape index (κ2) is 6.18. The lowest BCUT2D eigenvalue weighted by molar-refractivity contribution is 0.268. The molecule has 0 bridgehead atoms. The molecule has 94 valence electrons. The Morgan fingerprint density at radius 3 is 2.24 bits per heavy atom. The van der Waals surface area contributed by atoms with E-state index < -0.39 is 0 Å². The summed E-state index contributed by atoms with van der Waals surface area (Å²) in [5.41, 5.74) is 8.85. The number of likely N-dealkylation sites (tertiary alicyclic amines) is 1. The zero-order chi connectivity index (χ0) is 12.1. The molecule has 0 aromatic heterocycles. The van der Waals surface area contributed by atoms with E-state index >= 15 is 0 Å². The highest BCUT2D eigenvalue weighted by Gasteiger charge is 2.13. The molecule has 1 saturated heterocycles. The number of hydrogen-bond acceptors (Lipinski definition) is 2. The third kappa shape index (κ3) is 3.83. The Morgan fingerprint density at radius 1 is 1.06 bits per heavy atom. The van der Waals surface area contributed by atoms with Crippen molar-refractivity contribution in [2.24, 2.45) is 5.73 Å². The lowest BCUT2D eigenvalue weighted by atomic mass is 10.1. The summed E-state index contributed by atoms with van der Waals surface area (Å²) in [6.45, 7) is 5.56. The first-order chi connectivity index (χ1) is 8.25. The van der Waals surface area contributed by atoms with Gasteiger partial charge >= 0.3 is 0 Å². The fraction of sp³-hybridized carbons (Fsp3) is 0.600. The van der Waals surface area contributed by atoms with Gasteiger partial charge in [-0.25, -0.2) is 0 Å². The first-order valence-electron chi connectivity index (χ1n) is 6.80. The second-order valence-electron chi connectivity index (χ2n) is 5.23. The van der Waals surface area contributed by atoms with E-state index in [-0.39, 0.29) is 6.04 Å². The summed E-state index contributed by atoms with van der Waals surface area (Å²) in [5.74, 6) is 0. The maximum atomic E-state index is 6.29. The normalized spacial score (nSPS) is 19.9. The second-order valence-corrected chi connectivity index (χ2v) is 5.23. The molecule has 0 aliphatic carbocycles. The van der Waals surface area contributed by atoms with Gasteiger partial charge in [-0.3, -0.25) is 0 Å². The number of nitrogens with two attached hydrogens (primary N) is 1. The topological polar surface area (TPSA) is 29.3 Å². The van der Waals surface area contributed by atoms with Crippen LogP contribution in [0.2, 0.25) is 0 Å². The Morgan fingerprint density at radius 2 is 1.65 bits per heavy atom. The van der Waals surface area contributed by atoms with E-state index in [4.69, 9.17) is 5.73 Å². The van der Waals surface area contributed by atoms with Gasteiger partial charge in [0, 0.05) is 12.6 Å². The molecule has 2 rings (SSSR count). The summed E-state index contributed by atoms with van der Waals surface area (Å²) in [6.07, 6.45) is 5.44. The molecule has 1 heterocycles. The standard InChI is InChI=1S/C15H24N2/c1-13-6-8-14(9-7-13)15(16)12-17-10-4-2-3-5-11-17/h6-9,15H,2-5,10-12,16H2,1H3/t15-/m0/s1. The van der Waals surface area contributed by atoms with Crippen LogP contribution in [0.3, 0.4) is 0 Å². The Balaban J connectivity index is 1.91. The van der Waals surface area contributed by atoms with Gasteiger partial charge in [0.05, 0.1) is 0 Å². The Labute approximate surface area is 105 Å². The molecule has 1 aliphatic rings. The first-order valence-corrected chi connectivity index (χ1v) is 6.80. The quantitative estimate of drug-likeness (QED) is 0.868. The fourth-order valence-electron chi connectivity index (χ4n) is 2.52. The summed E-state index contributed by atoms with van der Waals surface area (Å²) in [6, 6.07) is 8.79. The number of benzene rings is 1. The lowest BCUT2D eigenvalue weighted by Gasteiger charge is -2.24. The number of nitrogens with zero attached hydrogens (tertiary/aromatic N) is 1. The van der Waals surface area contributed by atoms with Crippen molar-refractivity contribution in [3.05, 3.63) is 35.4 Å². The van der Waals surface area contributed by atoms with Crippen LogP contribution in [-0.2, 0) is 0 Å². The van der Waals surface area contributed by atoms with Crippen molar-refractivity contribution in [2.45, 2.75) is 38.6 Å². The van der Waals surface area contributed by atoms with Gasteiger partial charge in [-0.05, 0) is 38.4 Å². The highest BCUT2D eigenvalue weighted by molar-refractivity contribution is 5.24. The summed E-state index contributed by atoms with van der Waals surface area (Å²) in [4.78, 5) is 2.53. The first kappa shape index (κ1) is 12.6. The lowest BCUT2D eigenvalue weighted by Crippen LogP contribution is -2.32. The van der Waals surface area contributed by atoms with E-state index in [9.17, 15) is 0 Å². The van der Waals surface area contributed by atoms with Gasteiger partial charge in [0.25, 0.3) is 0 Å². The minimum atomic E-state index is 0.161. The predicted molar refractivity (Wildman–Crippen MR) is 73.0 cm³/mol. The molecule has 0 spiro atoms. The monoisotopic (exact) mass is 232 g/mol. The van der Waals surface area contributed by atoms with Gasteiger partial charge < -0.3 is 10.6 Å². The van der Waals surface area contributed by atoms with E-state index in [2.05, 4.69) is 36.1 Å². The maximum absolute atomic E-state index is 6.29. The van der Waals surface area contributed by atoms with Crippen LogP contribution in [0.4, 0.5) is 0 Å². The Hall–Kier alpha value is -0.860. The summed E-state index contributed by atoms with van der Waals surface area (Å²) in [5, 5.41) is 0. The van der Waals surface area contributed by atoms with Crippen LogP contribution in [0.25, 0.3) is 0 Å². The number of hydrogen-bond donors (Lipinski definition) is 1. The van der Waals surface area contributed by atoms with E-state index in [1.54, 1.807) is 0 Å². The van der Waals surface area contributed by atoms with Crippen molar-refractivity contribution >= 4 is 0 Å². The molecule has 1 aromatic rings. The SMILES string of the molecule is Cc1ccc([C@@H](N)CN2CCCCCC2)cc1. The Kier molecular flexibility index (Phi) is 4.57. The highest BCUT2D eigenvalue weighted by atomic mass is 15.1. The smallest absolute Gasteiger partial charge is 0.0424 e. The minimum Gasteiger partial charge on any atom is -0.323 e. The average molecular weight is 232 g/mol. The van der Waals surface area contributed by atoms with Crippen molar-refractivity contribution < 1.29 is 0 Å². The van der Waals surface area contributed by atoms with Crippen molar-refractivity contribution in [1.29, 1.82) is 0 Å². The molecule has 0 amide bonds. The molecule has 1 atom stereocenters. The van der Waals surface area contributed by atoms with Crippen LogP contribution < -0.4 is 5.73 Å². The molecule has 0 unspecified atom stereocenters. The largest absolute Gasteiger partial charge is 0.323 e. The van der Waals surface area contributed by atoms with Crippen LogP contribution in [0.1, 0.15) is 42.9 Å². The molecule has 1 aliphatic heterocycles. The zero-order valence-electron chi connectivity index (χ0n) is 10.9. The highest BCUT2D eigenvalue weighted by Crippen LogP contribution is 2.16. The van der Waals surface area contributed by atoms with Crippen molar-refractivity contribution in [2.75, 3.05) is 19.6 Å². The van der Waals surface area contributed by atoms with Crippen LogP contribution in [-0.4, -0.2) is 24.5 Å². The summed E-state index contributed by atoms with van der Waals surface area (Å²) in [7, 11) is 0. The Bertz CT molecular complexity index is 323. The van der Waals surface area contributed by atoms with Gasteiger partial charge in [-0.1, -0.05) is 42.7 Å². The number of rotatable bonds is 3. The fourth-order valence-corrected chi connectivity index (χ4v) is 2.52. The van der Waals surface area contributed by atoms with Gasteiger partial charge in [0.15, 0.2) is 0 Å². The summed E-state index contributed by atoms with van der Waals surface area (Å²) < 4.78 is 0. The zero-order valence-corrected chi connectivity index (χ0v) is 10.9. The van der Waals surface area contributed by atoms with Crippen molar-refractivity contribution in [3.63, 3.8) is 0 Å². The van der Waals surface area contributed by atoms with E-state index in [0.717, 1.165) is 6.54 Å². The third-order valence-corrected chi connectivity index (χ3v) is 3.66. The van der Waals surface area contributed by atoms with Crippen LogP contribution in [0, 0.1) is 6.92 Å². The summed E-state index contributed by atoms with van der Waals surface area (Å²) >= 11 is 0. The molecule has 1 fully saturated rings. The van der Waals surface area contributed by atoms with Gasteiger partial charge in [-0.15, -0.1) is 0 Å². The predicted octanol–water partition coefficient (Wildman–Crippen LogP) is 2.87.